The first-order chi connectivity index (χ1) is 14.1. The third-order valence-electron chi connectivity index (χ3n) is 4.84. The van der Waals surface area contributed by atoms with E-state index in [0.717, 1.165) is 16.8 Å². The molecule has 0 aliphatic carbocycles. The number of ether oxygens (including phenoxy) is 1. The quantitative estimate of drug-likeness (QED) is 0.449. The molecule has 0 N–H and O–H groups in total. The summed E-state index contributed by atoms with van der Waals surface area (Å²) < 4.78 is 6.72. The summed E-state index contributed by atoms with van der Waals surface area (Å²) >= 11 is 6.20. The van der Waals surface area contributed by atoms with E-state index in [1.807, 2.05) is 53.2 Å². The number of halogens is 1. The van der Waals surface area contributed by atoms with E-state index in [4.69, 9.17) is 16.3 Å². The van der Waals surface area contributed by atoms with Gasteiger partial charge in [0.1, 0.15) is 0 Å². The first kappa shape index (κ1) is 19.0. The number of fused-ring (bicyclic) bond motifs is 1. The van der Waals surface area contributed by atoms with E-state index in [9.17, 15) is 9.59 Å². The van der Waals surface area contributed by atoms with Gasteiger partial charge in [-0.05, 0) is 48.0 Å². The number of carbonyl (C=O) groups excluding carboxylic acids is 1. The van der Waals surface area contributed by atoms with E-state index in [0.29, 0.717) is 28.0 Å². The Morgan fingerprint density at radius 3 is 2.41 bits per heavy atom. The average Bonchev–Trinajstić information content (AvgIpc) is 2.76. The number of aromatic nitrogens is 1. The fourth-order valence-corrected chi connectivity index (χ4v) is 3.54. The highest BCUT2D eigenvalue weighted by Crippen LogP contribution is 2.22. The average molecular weight is 404 g/mol. The topological polar surface area (TPSA) is 48.3 Å². The van der Waals surface area contributed by atoms with Gasteiger partial charge >= 0.3 is 5.97 Å². The molecule has 0 aliphatic rings. The first-order valence-electron chi connectivity index (χ1n) is 9.13. The Hall–Kier alpha value is -3.37. The Labute approximate surface area is 172 Å². The van der Waals surface area contributed by atoms with Gasteiger partial charge in [0, 0.05) is 34.3 Å². The van der Waals surface area contributed by atoms with E-state index in [-0.39, 0.29) is 11.4 Å². The van der Waals surface area contributed by atoms with E-state index >= 15 is 0 Å². The van der Waals surface area contributed by atoms with Crippen LogP contribution in [0.3, 0.4) is 0 Å². The Kier molecular flexibility index (Phi) is 5.19. The number of para-hydroxylation sites is 1. The van der Waals surface area contributed by atoms with Crippen molar-refractivity contribution in [2.24, 2.45) is 0 Å². The second kappa shape index (κ2) is 7.94. The summed E-state index contributed by atoms with van der Waals surface area (Å²) in [5, 5.41) is 1.19. The molecule has 0 aliphatic heterocycles. The fourth-order valence-electron chi connectivity index (χ4n) is 3.38. The number of esters is 1. The van der Waals surface area contributed by atoms with Gasteiger partial charge in [-0.1, -0.05) is 41.9 Å². The molecule has 0 unspecified atom stereocenters. The summed E-state index contributed by atoms with van der Waals surface area (Å²) in [5.41, 5.74) is 3.75. The van der Waals surface area contributed by atoms with E-state index in [1.54, 1.807) is 30.3 Å². The summed E-state index contributed by atoms with van der Waals surface area (Å²) in [7, 11) is 1.35. The molecule has 4 aromatic rings. The molecule has 0 bridgehead atoms. The maximum absolute atomic E-state index is 13.1. The molecule has 0 fully saturated rings. The zero-order valence-corrected chi connectivity index (χ0v) is 16.5. The zero-order valence-electron chi connectivity index (χ0n) is 15.8. The van der Waals surface area contributed by atoms with Crippen LogP contribution in [0, 0.1) is 0 Å². The molecule has 4 rings (SSSR count). The van der Waals surface area contributed by atoms with Crippen molar-refractivity contribution in [3.63, 3.8) is 0 Å². The lowest BCUT2D eigenvalue weighted by atomic mass is 10.0. The van der Waals surface area contributed by atoms with Gasteiger partial charge in [-0.3, -0.25) is 4.79 Å². The molecule has 0 saturated heterocycles. The van der Waals surface area contributed by atoms with Gasteiger partial charge in [-0.25, -0.2) is 4.79 Å². The number of carbonyl (C=O) groups is 1. The smallest absolute Gasteiger partial charge is 0.337 e. The minimum absolute atomic E-state index is 0.0270. The molecule has 29 heavy (non-hydrogen) atoms. The van der Waals surface area contributed by atoms with Gasteiger partial charge in [-0.15, -0.1) is 0 Å². The second-order valence-corrected chi connectivity index (χ2v) is 7.15. The number of pyridine rings is 1. The van der Waals surface area contributed by atoms with Crippen LogP contribution in [0.25, 0.3) is 16.6 Å². The monoisotopic (exact) mass is 403 g/mol. The van der Waals surface area contributed by atoms with Crippen molar-refractivity contribution in [3.05, 3.63) is 111 Å². The molecule has 5 heteroatoms. The maximum Gasteiger partial charge on any atom is 0.337 e. The number of methoxy groups -OCH3 is 1. The standard InChI is InChI=1S/C24H18ClNO3/c1-29-24(28)17-9-7-16(8-10-17)13-18-15-26(20-5-3-2-4-6-20)22-14-19(25)11-12-21(22)23(18)27/h2-12,14-15H,13H2,1H3. The Morgan fingerprint density at radius 1 is 1.00 bits per heavy atom. The number of benzene rings is 3. The molecule has 144 valence electrons. The lowest BCUT2D eigenvalue weighted by molar-refractivity contribution is 0.0600. The van der Waals surface area contributed by atoms with Crippen molar-refractivity contribution in [2.75, 3.05) is 7.11 Å². The normalized spacial score (nSPS) is 10.8. The number of hydrogen-bond donors (Lipinski definition) is 0. The summed E-state index contributed by atoms with van der Waals surface area (Å²) in [6.45, 7) is 0. The number of hydrogen-bond acceptors (Lipinski definition) is 3. The van der Waals surface area contributed by atoms with E-state index < -0.39 is 0 Å². The Balaban J connectivity index is 1.83. The van der Waals surface area contributed by atoms with Crippen LogP contribution in [0.1, 0.15) is 21.5 Å². The molecule has 3 aromatic carbocycles. The highest BCUT2D eigenvalue weighted by atomic mass is 35.5. The van der Waals surface area contributed by atoms with Crippen LogP contribution in [-0.2, 0) is 11.2 Å². The molecule has 4 nitrogen and oxygen atoms in total. The van der Waals surface area contributed by atoms with Gasteiger partial charge < -0.3 is 9.30 Å². The highest BCUT2D eigenvalue weighted by molar-refractivity contribution is 6.31. The molecule has 0 radical (unpaired) electrons. The van der Waals surface area contributed by atoms with Crippen LogP contribution in [-0.4, -0.2) is 17.6 Å². The van der Waals surface area contributed by atoms with Crippen molar-refractivity contribution in [3.8, 4) is 5.69 Å². The molecule has 1 aromatic heterocycles. The third kappa shape index (κ3) is 3.80. The highest BCUT2D eigenvalue weighted by Gasteiger charge is 2.12. The van der Waals surface area contributed by atoms with E-state index in [1.165, 1.54) is 7.11 Å². The van der Waals surface area contributed by atoms with Crippen LogP contribution in [0.4, 0.5) is 0 Å². The zero-order chi connectivity index (χ0) is 20.4. The predicted octanol–water partition coefficient (Wildman–Crippen LogP) is 5.02. The largest absolute Gasteiger partial charge is 0.465 e. The predicted molar refractivity (Wildman–Crippen MR) is 115 cm³/mol. The summed E-state index contributed by atoms with van der Waals surface area (Å²) in [5.74, 6) is -0.384. The van der Waals surface area contributed by atoms with Crippen molar-refractivity contribution in [1.29, 1.82) is 0 Å². The van der Waals surface area contributed by atoms with Gasteiger partial charge in [0.2, 0.25) is 0 Å². The van der Waals surface area contributed by atoms with Crippen molar-refractivity contribution < 1.29 is 9.53 Å². The van der Waals surface area contributed by atoms with Crippen LogP contribution >= 0.6 is 11.6 Å². The molecule has 0 amide bonds. The van der Waals surface area contributed by atoms with Gasteiger partial charge in [0.05, 0.1) is 18.2 Å². The molecule has 0 saturated carbocycles. The maximum atomic E-state index is 13.1. The van der Waals surface area contributed by atoms with Crippen molar-refractivity contribution in [2.45, 2.75) is 6.42 Å². The molecule has 0 spiro atoms. The van der Waals surface area contributed by atoms with Crippen LogP contribution in [0.15, 0.2) is 83.8 Å². The molecule has 1 heterocycles. The Morgan fingerprint density at radius 2 is 1.72 bits per heavy atom. The minimum atomic E-state index is -0.384. The second-order valence-electron chi connectivity index (χ2n) is 6.72. The lowest BCUT2D eigenvalue weighted by Gasteiger charge is -2.14. The molecular formula is C24H18ClNO3. The van der Waals surface area contributed by atoms with Gasteiger partial charge in [-0.2, -0.15) is 0 Å². The van der Waals surface area contributed by atoms with Crippen LogP contribution < -0.4 is 5.43 Å². The minimum Gasteiger partial charge on any atom is -0.465 e. The van der Waals surface area contributed by atoms with Gasteiger partial charge in [0.25, 0.3) is 0 Å². The Bertz CT molecular complexity index is 1250. The summed E-state index contributed by atoms with van der Waals surface area (Å²) in [6.07, 6.45) is 2.32. The third-order valence-corrected chi connectivity index (χ3v) is 5.08. The number of rotatable bonds is 4. The number of nitrogens with zero attached hydrogens (tertiary/aromatic N) is 1. The van der Waals surface area contributed by atoms with Crippen molar-refractivity contribution in [1.82, 2.24) is 4.57 Å². The van der Waals surface area contributed by atoms with Crippen molar-refractivity contribution >= 4 is 28.5 Å². The van der Waals surface area contributed by atoms with E-state index in [2.05, 4.69) is 0 Å². The molecular weight excluding hydrogens is 386 g/mol. The van der Waals surface area contributed by atoms with Crippen LogP contribution in [0.5, 0.6) is 0 Å². The summed E-state index contributed by atoms with van der Waals surface area (Å²) in [6, 6.07) is 22.2. The van der Waals surface area contributed by atoms with Crippen LogP contribution in [0.2, 0.25) is 5.02 Å². The fraction of sp³-hybridized carbons (Fsp3) is 0.0833. The summed E-state index contributed by atoms with van der Waals surface area (Å²) in [4.78, 5) is 24.7. The first-order valence-corrected chi connectivity index (χ1v) is 9.51. The SMILES string of the molecule is COC(=O)c1ccc(Cc2cn(-c3ccccc3)c3cc(Cl)ccc3c2=O)cc1. The van der Waals surface area contributed by atoms with Gasteiger partial charge in [0.15, 0.2) is 5.43 Å². The molecule has 0 atom stereocenters. The lowest BCUT2D eigenvalue weighted by Crippen LogP contribution is -2.14.